The van der Waals surface area contributed by atoms with E-state index in [4.69, 9.17) is 28.9 Å². The lowest BCUT2D eigenvalue weighted by molar-refractivity contribution is -0.166. The van der Waals surface area contributed by atoms with Gasteiger partial charge in [0, 0.05) is 51.5 Å². The summed E-state index contributed by atoms with van der Waals surface area (Å²) in [4.78, 5) is 38.9. The smallest absolute Gasteiger partial charge is 0.312 e. The largest absolute Gasteiger partial charge is 0.507 e. The Labute approximate surface area is 343 Å². The Balaban J connectivity index is 0.000000221. The van der Waals surface area contributed by atoms with E-state index in [-0.39, 0.29) is 47.5 Å². The molecule has 0 saturated carbocycles. The van der Waals surface area contributed by atoms with E-state index < -0.39 is 11.2 Å². The van der Waals surface area contributed by atoms with Crippen LogP contribution in [0.15, 0.2) is 72.8 Å². The number of methoxy groups -OCH3 is 2. The lowest BCUT2D eigenvalue weighted by Crippen LogP contribution is -2.49. The quantitative estimate of drug-likeness (QED) is 0.167. The number of aromatic nitrogens is 2. The van der Waals surface area contributed by atoms with Crippen LogP contribution in [0.3, 0.4) is 0 Å². The predicted molar refractivity (Wildman–Crippen MR) is 226 cm³/mol. The maximum absolute atomic E-state index is 12.6. The molecular formula is C46H60N4O8. The fraction of sp³-hybridized carbons (Fsp3) is 0.478. The van der Waals surface area contributed by atoms with E-state index in [1.54, 1.807) is 14.2 Å². The number of hydrogen-bond donors (Lipinski definition) is 2. The molecule has 2 saturated heterocycles. The maximum Gasteiger partial charge on any atom is 0.312 e. The van der Waals surface area contributed by atoms with Crippen molar-refractivity contribution in [2.75, 3.05) is 50.2 Å². The molecule has 2 aromatic heterocycles. The number of phenols is 2. The van der Waals surface area contributed by atoms with Gasteiger partial charge in [0.05, 0.1) is 35.4 Å². The van der Waals surface area contributed by atoms with Gasteiger partial charge in [-0.3, -0.25) is 9.59 Å². The van der Waals surface area contributed by atoms with Crippen LogP contribution in [0.4, 0.5) is 11.6 Å². The third-order valence-electron chi connectivity index (χ3n) is 10.3. The zero-order valence-corrected chi connectivity index (χ0v) is 35.6. The minimum Gasteiger partial charge on any atom is -0.507 e. The molecule has 58 heavy (non-hydrogen) atoms. The van der Waals surface area contributed by atoms with Gasteiger partial charge in [0.2, 0.25) is 0 Å². The summed E-state index contributed by atoms with van der Waals surface area (Å²) in [6, 6.07) is 22.8. The third kappa shape index (κ3) is 11.0. The number of carbonyl (C=O) groups excluding carboxylic acids is 2. The van der Waals surface area contributed by atoms with Crippen molar-refractivity contribution in [3.8, 4) is 34.0 Å². The molecule has 0 bridgehead atoms. The molecule has 4 heterocycles. The van der Waals surface area contributed by atoms with Crippen LogP contribution >= 0.6 is 0 Å². The van der Waals surface area contributed by atoms with Crippen molar-refractivity contribution < 1.29 is 38.7 Å². The lowest BCUT2D eigenvalue weighted by Gasteiger charge is -2.38. The Morgan fingerprint density at radius 2 is 0.966 bits per heavy atom. The van der Waals surface area contributed by atoms with Gasteiger partial charge in [-0.1, -0.05) is 36.4 Å². The summed E-state index contributed by atoms with van der Waals surface area (Å²) in [7, 11) is 3.25. The predicted octanol–water partition coefficient (Wildman–Crippen LogP) is 7.89. The number of pyridine rings is 2. The Bertz CT molecular complexity index is 1900. The standard InChI is InChI=1S/2C23H30N2O4/c2*1-15-8-6-9-16(21(15)26)18-10-7-11-20(24-18)25-13-12-17(19(14-25)28-5)22(27)29-23(2,3)4/h2*6-11,17,19,26H,12-14H2,1-5H3/t2*17-,19-/m10/s1. The Morgan fingerprint density at radius 3 is 1.31 bits per heavy atom. The molecule has 4 atom stereocenters. The number of piperidine rings is 2. The van der Waals surface area contributed by atoms with Gasteiger partial charge in [0.1, 0.15) is 34.3 Å². The zero-order valence-electron chi connectivity index (χ0n) is 35.6. The highest BCUT2D eigenvalue weighted by Crippen LogP contribution is 2.35. The number of hydrogen-bond acceptors (Lipinski definition) is 12. The number of ether oxygens (including phenoxy) is 4. The van der Waals surface area contributed by atoms with Crippen LogP contribution in [0.25, 0.3) is 22.5 Å². The maximum atomic E-state index is 12.6. The first-order valence-corrected chi connectivity index (χ1v) is 19.9. The topological polar surface area (TPSA) is 144 Å². The molecule has 2 aliphatic rings. The number of phenolic OH excluding ortho intramolecular Hbond substituents is 2. The summed E-state index contributed by atoms with van der Waals surface area (Å²) in [5.41, 5.74) is 3.44. The molecule has 4 aromatic rings. The third-order valence-corrected chi connectivity index (χ3v) is 10.3. The summed E-state index contributed by atoms with van der Waals surface area (Å²) in [6.45, 7) is 17.4. The van der Waals surface area contributed by atoms with E-state index >= 15 is 0 Å². The molecule has 6 rings (SSSR count). The number of nitrogens with zero attached hydrogens (tertiary/aromatic N) is 4. The first-order chi connectivity index (χ1) is 27.4. The molecule has 0 unspecified atom stereocenters. The molecule has 12 heteroatoms. The van der Waals surface area contributed by atoms with Gasteiger partial charge < -0.3 is 39.0 Å². The van der Waals surface area contributed by atoms with Crippen LogP contribution < -0.4 is 9.80 Å². The normalized spacial score (nSPS) is 19.8. The number of aryl methyl sites for hydroxylation is 2. The summed E-state index contributed by atoms with van der Waals surface area (Å²) >= 11 is 0. The number of rotatable bonds is 8. The first-order valence-electron chi connectivity index (χ1n) is 19.9. The molecule has 312 valence electrons. The molecule has 2 aliphatic heterocycles. The van der Waals surface area contributed by atoms with E-state index in [0.717, 1.165) is 22.8 Å². The molecule has 0 spiro atoms. The van der Waals surface area contributed by atoms with Crippen molar-refractivity contribution >= 4 is 23.6 Å². The van der Waals surface area contributed by atoms with Gasteiger partial charge in [0.15, 0.2) is 0 Å². The van der Waals surface area contributed by atoms with E-state index in [1.165, 1.54) is 0 Å². The van der Waals surface area contributed by atoms with Crippen molar-refractivity contribution in [3.63, 3.8) is 0 Å². The van der Waals surface area contributed by atoms with E-state index in [0.29, 0.717) is 61.5 Å². The Hall–Kier alpha value is -5.20. The fourth-order valence-corrected chi connectivity index (χ4v) is 7.25. The van der Waals surface area contributed by atoms with Crippen molar-refractivity contribution in [1.82, 2.24) is 9.97 Å². The molecule has 0 amide bonds. The highest BCUT2D eigenvalue weighted by molar-refractivity contribution is 5.75. The average Bonchev–Trinajstić information content (AvgIpc) is 3.18. The van der Waals surface area contributed by atoms with Crippen molar-refractivity contribution in [2.45, 2.75) is 91.6 Å². The summed E-state index contributed by atoms with van der Waals surface area (Å²) in [6.07, 6.45) is 0.734. The minimum absolute atomic E-state index is 0.213. The fourth-order valence-electron chi connectivity index (χ4n) is 7.25. The van der Waals surface area contributed by atoms with Crippen LogP contribution in [-0.4, -0.2) is 95.9 Å². The lowest BCUT2D eigenvalue weighted by atomic mass is 9.93. The van der Waals surface area contributed by atoms with Gasteiger partial charge in [0.25, 0.3) is 0 Å². The molecule has 2 fully saturated rings. The van der Waals surface area contributed by atoms with E-state index in [1.807, 2.05) is 128 Å². The molecule has 0 aliphatic carbocycles. The van der Waals surface area contributed by atoms with Crippen LogP contribution in [0.1, 0.15) is 65.5 Å². The molecule has 0 radical (unpaired) electrons. The second-order valence-electron chi connectivity index (χ2n) is 17.0. The minimum atomic E-state index is -0.516. The summed E-state index contributed by atoms with van der Waals surface area (Å²) in [5, 5.41) is 20.8. The van der Waals surface area contributed by atoms with Gasteiger partial charge in [-0.05, 0) is 116 Å². The zero-order chi connectivity index (χ0) is 42.4. The molecule has 2 aromatic carbocycles. The van der Waals surface area contributed by atoms with Crippen molar-refractivity contribution in [3.05, 3.63) is 83.9 Å². The number of esters is 2. The van der Waals surface area contributed by atoms with Crippen molar-refractivity contribution in [1.29, 1.82) is 0 Å². The second kappa shape index (κ2) is 18.6. The SMILES string of the molecule is CO[C@@H]1CN(c2cccc(-c3cccc(C)c3O)n2)CC[C@H]1C(=O)OC(C)(C)C.CO[C@H]1CN(c2cccc(-c3cccc(C)c3O)n2)CC[C@@H]1C(=O)OC(C)(C)C. The number of aromatic hydroxyl groups is 2. The average molecular weight is 797 g/mol. The number of carbonyl (C=O) groups is 2. The van der Waals surface area contributed by atoms with Crippen molar-refractivity contribution in [2.24, 2.45) is 11.8 Å². The van der Waals surface area contributed by atoms with Crippen LogP contribution in [0, 0.1) is 25.7 Å². The molecular weight excluding hydrogens is 737 g/mol. The van der Waals surface area contributed by atoms with Crippen LogP contribution in [0.2, 0.25) is 0 Å². The van der Waals surface area contributed by atoms with Gasteiger partial charge in [-0.15, -0.1) is 0 Å². The van der Waals surface area contributed by atoms with Gasteiger partial charge in [-0.25, -0.2) is 9.97 Å². The monoisotopic (exact) mass is 796 g/mol. The Kier molecular flexibility index (Phi) is 14.1. The van der Waals surface area contributed by atoms with Gasteiger partial charge in [-0.2, -0.15) is 0 Å². The number of anilines is 2. The number of benzene rings is 2. The van der Waals surface area contributed by atoms with Crippen LogP contribution in [0.5, 0.6) is 11.5 Å². The van der Waals surface area contributed by atoms with E-state index in [2.05, 4.69) is 9.80 Å². The summed E-state index contributed by atoms with van der Waals surface area (Å²) < 4.78 is 22.4. The molecule has 12 nitrogen and oxygen atoms in total. The number of para-hydroxylation sites is 2. The van der Waals surface area contributed by atoms with E-state index in [9.17, 15) is 19.8 Å². The highest BCUT2D eigenvalue weighted by atomic mass is 16.6. The molecule has 2 N–H and O–H groups in total. The highest BCUT2D eigenvalue weighted by Gasteiger charge is 2.39. The summed E-state index contributed by atoms with van der Waals surface area (Å²) in [5.74, 6) is 1.08. The first kappa shape index (κ1) is 43.9. The van der Waals surface area contributed by atoms with Gasteiger partial charge >= 0.3 is 11.9 Å². The Morgan fingerprint density at radius 1 is 0.603 bits per heavy atom. The van der Waals surface area contributed by atoms with Crippen LogP contribution in [-0.2, 0) is 28.5 Å². The second-order valence-corrected chi connectivity index (χ2v) is 17.0.